The van der Waals surface area contributed by atoms with Crippen LogP contribution in [0.5, 0.6) is 11.5 Å². The van der Waals surface area contributed by atoms with Gasteiger partial charge in [-0.1, -0.05) is 58.0 Å². The van der Waals surface area contributed by atoms with Crippen LogP contribution < -0.4 is 43.0 Å². The number of amides is 4. The first kappa shape index (κ1) is 53.9. The molecule has 0 radical (unpaired) electrons. The first-order chi connectivity index (χ1) is 33.2. The van der Waals surface area contributed by atoms with Crippen LogP contribution >= 0.6 is 0 Å². The Bertz CT molecular complexity index is 2620. The maximum atomic E-state index is 14.9. The number of likely N-dealkylation sites (N-methyl/N-ethyl adjacent to an activating group) is 1. The quantitative estimate of drug-likeness (QED) is 0.0705. The molecule has 0 fully saturated rings. The number of hydrogen-bond acceptors (Lipinski definition) is 14. The van der Waals surface area contributed by atoms with Crippen LogP contribution in [-0.4, -0.2) is 96.0 Å². The van der Waals surface area contributed by atoms with Gasteiger partial charge in [0.25, 0.3) is 0 Å². The smallest absolute Gasteiger partial charge is 0.316 e. The van der Waals surface area contributed by atoms with Crippen molar-refractivity contribution >= 4 is 40.9 Å². The number of fused-ring (bicyclic) bond motifs is 5. The van der Waals surface area contributed by atoms with Gasteiger partial charge in [-0.25, -0.2) is 14.8 Å². The molecule has 1 aliphatic rings. The number of benzene rings is 3. The van der Waals surface area contributed by atoms with E-state index in [4.69, 9.17) is 42.4 Å². The second kappa shape index (κ2) is 24.0. The van der Waals surface area contributed by atoms with Crippen molar-refractivity contribution in [1.82, 2.24) is 20.2 Å². The summed E-state index contributed by atoms with van der Waals surface area (Å²) < 4.78 is 12.3. The molecule has 10 N–H and O–H groups in total. The first-order valence-electron chi connectivity index (χ1n) is 23.4. The highest BCUT2D eigenvalue weighted by Crippen LogP contribution is 2.44. The van der Waals surface area contributed by atoms with Crippen molar-refractivity contribution in [2.24, 2.45) is 34.8 Å². The number of urea groups is 1. The van der Waals surface area contributed by atoms with Gasteiger partial charge < -0.3 is 47.9 Å². The third kappa shape index (κ3) is 13.2. The van der Waals surface area contributed by atoms with Crippen molar-refractivity contribution in [3.63, 3.8) is 0 Å². The van der Waals surface area contributed by atoms with Crippen molar-refractivity contribution < 1.29 is 38.2 Å². The van der Waals surface area contributed by atoms with Gasteiger partial charge in [0.05, 0.1) is 34.7 Å². The number of nitrogens with one attached hydrogen (secondary N) is 2. The summed E-state index contributed by atoms with van der Waals surface area (Å²) in [6.07, 6.45) is -0.907. The third-order valence-electron chi connectivity index (χ3n) is 12.2. The largest absolute Gasteiger partial charge is 0.492 e. The van der Waals surface area contributed by atoms with E-state index in [9.17, 15) is 34.0 Å². The molecule has 0 aliphatic carbocycles. The molecule has 0 saturated heterocycles. The number of nitriles is 1. The van der Waals surface area contributed by atoms with Crippen LogP contribution in [0.4, 0.5) is 10.5 Å². The van der Waals surface area contributed by atoms with Gasteiger partial charge in [-0.2, -0.15) is 5.26 Å². The Kier molecular flexibility index (Phi) is 18.5. The third-order valence-corrected chi connectivity index (χ3v) is 12.2. The predicted molar refractivity (Wildman–Crippen MR) is 266 cm³/mol. The Labute approximate surface area is 409 Å². The molecule has 3 aromatic carbocycles. The SMILES string of the molecule is Cc1nc(-c2ccc(C(C)(C)C)cc2)nc(C)c1C(=O)C[C@@H](CCN)C(=O)N(C)[C@@H]1C(=O)C[C@@H](C)C(=O)N[C@H](C(=O)CCC#N)Cc2cc(NC(N)=O)c(OCCN)c(c2)-c2cc1ccc2OCCN. The number of nitrogens with zero attached hydrogens (tertiary/aromatic N) is 4. The molecule has 70 heavy (non-hydrogen) atoms. The van der Waals surface area contributed by atoms with Gasteiger partial charge in [-0.3, -0.25) is 24.0 Å². The molecule has 0 spiro atoms. The molecule has 4 bridgehead atoms. The molecule has 5 rings (SSSR count). The summed E-state index contributed by atoms with van der Waals surface area (Å²) in [7, 11) is 1.46. The van der Waals surface area contributed by atoms with E-state index in [1.807, 2.05) is 30.3 Å². The molecule has 0 saturated carbocycles. The molecule has 2 heterocycles. The van der Waals surface area contributed by atoms with Gasteiger partial charge in [0, 0.05) is 74.3 Å². The topological polar surface area (TPSA) is 302 Å². The summed E-state index contributed by atoms with van der Waals surface area (Å²) in [5, 5.41) is 14.7. The molecule has 1 aromatic heterocycles. The molecule has 4 atom stereocenters. The highest BCUT2D eigenvalue weighted by Gasteiger charge is 2.37. The van der Waals surface area contributed by atoms with Gasteiger partial charge >= 0.3 is 6.03 Å². The number of nitrogens with two attached hydrogens (primary N) is 4. The molecule has 18 nitrogen and oxygen atoms in total. The average Bonchev–Trinajstić information content (AvgIpc) is 3.30. The standard InChI is InChI=1S/C52H66N10O8/c1-29-23-43(65)46(62(7)50(67)35(16-18-54)28-42(64)45-30(2)58-48(59-31(45)3)33-10-13-36(14-11-33)52(4,5)6)34-12-15-44(69-21-19-55)37(27-34)38-24-32(25-39(60-49(29)66)41(63)9-8-17-53)26-40(61-51(57)68)47(38)70-22-20-56/h10-15,24,26-27,29,35,39,46H,8-9,16,18-23,25,28,54-56H2,1-7H3,(H,60,66)(H3,57,61,68)/t29-,35-,39+,46+/m1/s1. The molecule has 18 heteroatoms. The number of carbonyl (C=O) groups is 6. The fourth-order valence-electron chi connectivity index (χ4n) is 8.67. The highest BCUT2D eigenvalue weighted by molar-refractivity contribution is 6.01. The number of anilines is 1. The Morgan fingerprint density at radius 3 is 2.17 bits per heavy atom. The number of Topliss-reactive ketones (excluding diaryl/α,β-unsaturated/α-hetero) is 3. The fraction of sp³-hybridized carbons (Fsp3) is 0.442. The van der Waals surface area contributed by atoms with Crippen molar-refractivity contribution in [3.8, 4) is 40.1 Å². The van der Waals surface area contributed by atoms with E-state index in [1.165, 1.54) is 18.9 Å². The van der Waals surface area contributed by atoms with Crippen molar-refractivity contribution in [3.05, 3.63) is 88.2 Å². The average molecular weight is 959 g/mol. The zero-order valence-corrected chi connectivity index (χ0v) is 41.1. The number of ether oxygens (including phenoxy) is 2. The van der Waals surface area contributed by atoms with Crippen LogP contribution in [-0.2, 0) is 31.0 Å². The first-order valence-corrected chi connectivity index (χ1v) is 23.4. The summed E-state index contributed by atoms with van der Waals surface area (Å²) >= 11 is 0. The minimum atomic E-state index is -1.34. The summed E-state index contributed by atoms with van der Waals surface area (Å²) in [6.45, 7) is 11.7. The molecule has 372 valence electrons. The highest BCUT2D eigenvalue weighted by atomic mass is 16.5. The van der Waals surface area contributed by atoms with Crippen LogP contribution in [0.15, 0.2) is 54.6 Å². The molecule has 0 unspecified atom stereocenters. The normalized spacial score (nSPS) is 16.5. The maximum absolute atomic E-state index is 14.9. The van der Waals surface area contributed by atoms with Crippen LogP contribution in [0.25, 0.3) is 22.5 Å². The Hall–Kier alpha value is -7.07. The molecular weight excluding hydrogens is 893 g/mol. The second-order valence-corrected chi connectivity index (χ2v) is 18.7. The van der Waals surface area contributed by atoms with Crippen molar-refractivity contribution in [1.29, 1.82) is 5.26 Å². The second-order valence-electron chi connectivity index (χ2n) is 18.7. The lowest BCUT2D eigenvalue weighted by Crippen LogP contribution is -2.46. The van der Waals surface area contributed by atoms with Crippen LogP contribution in [0, 0.1) is 37.0 Å². The Morgan fingerprint density at radius 2 is 1.57 bits per heavy atom. The monoisotopic (exact) mass is 959 g/mol. The van der Waals surface area contributed by atoms with Crippen LogP contribution in [0.1, 0.15) is 104 Å². The maximum Gasteiger partial charge on any atom is 0.316 e. The minimum Gasteiger partial charge on any atom is -0.492 e. The summed E-state index contributed by atoms with van der Waals surface area (Å²) in [6, 6.07) is 14.6. The lowest BCUT2D eigenvalue weighted by atomic mass is 9.86. The number of aryl methyl sites for hydroxylation is 2. The number of rotatable bonds is 18. The minimum absolute atomic E-state index is 0.0118. The molecule has 4 aromatic rings. The zero-order chi connectivity index (χ0) is 51.4. The number of carbonyl (C=O) groups excluding carboxylic acids is 6. The van der Waals surface area contributed by atoms with Gasteiger partial charge in [-0.15, -0.1) is 0 Å². The van der Waals surface area contributed by atoms with Gasteiger partial charge in [-0.05, 0) is 79.6 Å². The van der Waals surface area contributed by atoms with Crippen LogP contribution in [0.3, 0.4) is 0 Å². The summed E-state index contributed by atoms with van der Waals surface area (Å²) in [5.41, 5.74) is 28.1. The van der Waals surface area contributed by atoms with E-state index in [-0.39, 0.29) is 105 Å². The van der Waals surface area contributed by atoms with E-state index < -0.39 is 53.3 Å². The number of ketones is 3. The van der Waals surface area contributed by atoms with Crippen LogP contribution in [0.2, 0.25) is 0 Å². The number of aromatic nitrogens is 2. The Balaban J connectivity index is 1.64. The lowest BCUT2D eigenvalue weighted by molar-refractivity contribution is -0.142. The van der Waals surface area contributed by atoms with Crippen molar-refractivity contribution in [2.45, 2.75) is 97.6 Å². The summed E-state index contributed by atoms with van der Waals surface area (Å²) in [4.78, 5) is 94.9. The van der Waals surface area contributed by atoms with Gasteiger partial charge in [0.2, 0.25) is 11.8 Å². The van der Waals surface area contributed by atoms with Gasteiger partial charge in [0.15, 0.2) is 28.9 Å². The van der Waals surface area contributed by atoms with E-state index in [1.54, 1.807) is 44.2 Å². The predicted octanol–water partition coefficient (Wildman–Crippen LogP) is 5.14. The van der Waals surface area contributed by atoms with E-state index in [0.717, 1.165) is 11.1 Å². The molecule has 4 amide bonds. The van der Waals surface area contributed by atoms with Gasteiger partial charge in [0.1, 0.15) is 25.0 Å². The van der Waals surface area contributed by atoms with E-state index >= 15 is 0 Å². The summed E-state index contributed by atoms with van der Waals surface area (Å²) in [5.74, 6) is -3.64. The van der Waals surface area contributed by atoms with E-state index in [2.05, 4.69) is 31.4 Å². The lowest BCUT2D eigenvalue weighted by Gasteiger charge is -2.32. The molecule has 1 aliphatic heterocycles. The fourth-order valence-corrected chi connectivity index (χ4v) is 8.67. The van der Waals surface area contributed by atoms with E-state index in [0.29, 0.717) is 39.5 Å². The zero-order valence-electron chi connectivity index (χ0n) is 41.1. The number of primary amides is 1. The number of hydrogen-bond donors (Lipinski definition) is 6. The molecular formula is C52H66N10O8. The van der Waals surface area contributed by atoms with Crippen molar-refractivity contribution in [2.75, 3.05) is 45.2 Å². The Morgan fingerprint density at radius 1 is 0.914 bits per heavy atom.